The molecular weight excluding hydrogens is 262 g/mol. The van der Waals surface area contributed by atoms with Gasteiger partial charge < -0.3 is 10.1 Å². The van der Waals surface area contributed by atoms with Crippen LogP contribution in [0, 0.1) is 0 Å². The van der Waals surface area contributed by atoms with Crippen molar-refractivity contribution in [2.75, 3.05) is 6.61 Å². The molecule has 2 rings (SSSR count). The Morgan fingerprint density at radius 3 is 2.38 bits per heavy atom. The number of benzene rings is 2. The van der Waals surface area contributed by atoms with Crippen LogP contribution in [0.2, 0.25) is 0 Å². The molecule has 1 atom stereocenters. The first kappa shape index (κ1) is 15.3. The van der Waals surface area contributed by atoms with Crippen LogP contribution in [0.4, 0.5) is 0 Å². The number of nitrogens with one attached hydrogen (secondary N) is 1. The Balaban J connectivity index is 1.92. The van der Waals surface area contributed by atoms with Crippen LogP contribution < -0.4 is 10.1 Å². The third-order valence-electron chi connectivity index (χ3n) is 3.30. The van der Waals surface area contributed by atoms with Crippen molar-refractivity contribution in [1.29, 1.82) is 0 Å². The Labute approximate surface area is 126 Å². The maximum atomic E-state index is 12.3. The highest BCUT2D eigenvalue weighted by Crippen LogP contribution is 2.13. The normalized spacial score (nSPS) is 11.9. The van der Waals surface area contributed by atoms with Crippen molar-refractivity contribution in [2.45, 2.75) is 26.4 Å². The van der Waals surface area contributed by atoms with Crippen molar-refractivity contribution in [3.8, 4) is 5.75 Å². The van der Waals surface area contributed by atoms with Crippen LogP contribution in [0.15, 0.2) is 54.6 Å². The summed E-state index contributed by atoms with van der Waals surface area (Å²) < 4.78 is 5.38. The van der Waals surface area contributed by atoms with E-state index in [2.05, 4.69) is 5.32 Å². The smallest absolute Gasteiger partial charge is 0.179 e. The van der Waals surface area contributed by atoms with Gasteiger partial charge in [0.1, 0.15) is 5.75 Å². The standard InChI is InChI=1S/C18H21NO2/c1-3-21-17-11-9-16(10-12-17)18(20)14(2)19-13-15-7-5-4-6-8-15/h4-12,14,19H,3,13H2,1-2H3. The Morgan fingerprint density at radius 2 is 1.76 bits per heavy atom. The van der Waals surface area contributed by atoms with Gasteiger partial charge in [-0.05, 0) is 43.7 Å². The number of carbonyl (C=O) groups excluding carboxylic acids is 1. The molecule has 2 aromatic carbocycles. The van der Waals surface area contributed by atoms with E-state index in [1.165, 1.54) is 5.56 Å². The zero-order valence-corrected chi connectivity index (χ0v) is 12.5. The van der Waals surface area contributed by atoms with E-state index in [-0.39, 0.29) is 11.8 Å². The molecule has 1 N–H and O–H groups in total. The van der Waals surface area contributed by atoms with Crippen LogP contribution >= 0.6 is 0 Å². The minimum Gasteiger partial charge on any atom is -0.494 e. The minimum absolute atomic E-state index is 0.0916. The summed E-state index contributed by atoms with van der Waals surface area (Å²) in [5, 5.41) is 3.26. The van der Waals surface area contributed by atoms with Gasteiger partial charge in [-0.3, -0.25) is 4.79 Å². The fourth-order valence-electron chi connectivity index (χ4n) is 2.09. The molecule has 3 heteroatoms. The monoisotopic (exact) mass is 283 g/mol. The molecule has 0 heterocycles. The molecule has 110 valence electrons. The number of rotatable bonds is 7. The Hall–Kier alpha value is -2.13. The average Bonchev–Trinajstić information content (AvgIpc) is 2.54. The highest BCUT2D eigenvalue weighted by atomic mass is 16.5. The van der Waals surface area contributed by atoms with Gasteiger partial charge >= 0.3 is 0 Å². The zero-order chi connectivity index (χ0) is 15.1. The summed E-state index contributed by atoms with van der Waals surface area (Å²) in [7, 11) is 0. The lowest BCUT2D eigenvalue weighted by molar-refractivity contribution is 0.0950. The molecule has 0 aliphatic rings. The van der Waals surface area contributed by atoms with Gasteiger partial charge in [0, 0.05) is 12.1 Å². The lowest BCUT2D eigenvalue weighted by Crippen LogP contribution is -2.33. The van der Waals surface area contributed by atoms with E-state index in [9.17, 15) is 4.79 Å². The third kappa shape index (κ3) is 4.43. The number of ketones is 1. The van der Waals surface area contributed by atoms with Gasteiger partial charge in [0.2, 0.25) is 0 Å². The molecule has 0 saturated heterocycles. The SMILES string of the molecule is CCOc1ccc(C(=O)C(C)NCc2ccccc2)cc1. The summed E-state index contributed by atoms with van der Waals surface area (Å²) in [5.74, 6) is 0.882. The van der Waals surface area contributed by atoms with Crippen LogP contribution in [0.3, 0.4) is 0 Å². The fraction of sp³-hybridized carbons (Fsp3) is 0.278. The van der Waals surface area contributed by atoms with Gasteiger partial charge in [-0.15, -0.1) is 0 Å². The van der Waals surface area contributed by atoms with Crippen molar-refractivity contribution in [1.82, 2.24) is 5.32 Å². The van der Waals surface area contributed by atoms with E-state index in [1.54, 1.807) is 0 Å². The van der Waals surface area contributed by atoms with Gasteiger partial charge in [0.15, 0.2) is 5.78 Å². The van der Waals surface area contributed by atoms with Crippen LogP contribution in [0.1, 0.15) is 29.8 Å². The first-order chi connectivity index (χ1) is 10.2. The molecule has 0 bridgehead atoms. The quantitative estimate of drug-likeness (QED) is 0.791. The fourth-order valence-corrected chi connectivity index (χ4v) is 2.09. The second kappa shape index (κ2) is 7.60. The summed E-state index contributed by atoms with van der Waals surface area (Å²) in [5.41, 5.74) is 1.87. The Kier molecular flexibility index (Phi) is 5.52. The molecule has 21 heavy (non-hydrogen) atoms. The van der Waals surface area contributed by atoms with Crippen molar-refractivity contribution in [3.05, 3.63) is 65.7 Å². The highest BCUT2D eigenvalue weighted by molar-refractivity contribution is 5.99. The molecule has 0 spiro atoms. The number of ether oxygens (including phenoxy) is 1. The molecule has 0 aliphatic heterocycles. The number of hydrogen-bond acceptors (Lipinski definition) is 3. The van der Waals surface area contributed by atoms with Crippen molar-refractivity contribution >= 4 is 5.78 Å². The molecule has 0 fully saturated rings. The second-order valence-corrected chi connectivity index (χ2v) is 4.91. The van der Waals surface area contributed by atoms with Gasteiger partial charge in [-0.2, -0.15) is 0 Å². The predicted octanol–water partition coefficient (Wildman–Crippen LogP) is 3.45. The number of hydrogen-bond donors (Lipinski definition) is 1. The van der Waals surface area contributed by atoms with Crippen LogP contribution in [0.25, 0.3) is 0 Å². The largest absolute Gasteiger partial charge is 0.494 e. The number of Topliss-reactive ketones (excluding diaryl/α,β-unsaturated/α-hetero) is 1. The maximum absolute atomic E-state index is 12.3. The lowest BCUT2D eigenvalue weighted by Gasteiger charge is -2.13. The molecule has 2 aromatic rings. The van der Waals surface area contributed by atoms with E-state index < -0.39 is 0 Å². The topological polar surface area (TPSA) is 38.3 Å². The summed E-state index contributed by atoms with van der Waals surface area (Å²) in [6, 6.07) is 17.1. The summed E-state index contributed by atoms with van der Waals surface area (Å²) in [6.45, 7) is 5.14. The van der Waals surface area contributed by atoms with Gasteiger partial charge in [0.25, 0.3) is 0 Å². The Bertz CT molecular complexity index is 564. The van der Waals surface area contributed by atoms with E-state index in [4.69, 9.17) is 4.74 Å². The van der Waals surface area contributed by atoms with E-state index in [0.717, 1.165) is 5.75 Å². The van der Waals surface area contributed by atoms with Crippen LogP contribution in [-0.2, 0) is 6.54 Å². The summed E-state index contributed by atoms with van der Waals surface area (Å²) in [4.78, 5) is 12.3. The predicted molar refractivity (Wildman–Crippen MR) is 84.7 cm³/mol. The first-order valence-corrected chi connectivity index (χ1v) is 7.25. The molecule has 0 aromatic heterocycles. The summed E-state index contributed by atoms with van der Waals surface area (Å²) >= 11 is 0. The molecular formula is C18H21NO2. The van der Waals surface area contributed by atoms with Gasteiger partial charge in [0.05, 0.1) is 12.6 Å². The average molecular weight is 283 g/mol. The molecule has 0 saturated carbocycles. The Morgan fingerprint density at radius 1 is 1.10 bits per heavy atom. The van der Waals surface area contributed by atoms with Gasteiger partial charge in [-0.25, -0.2) is 0 Å². The molecule has 1 unspecified atom stereocenters. The van der Waals surface area contributed by atoms with Crippen molar-refractivity contribution in [2.24, 2.45) is 0 Å². The lowest BCUT2D eigenvalue weighted by atomic mass is 10.0. The van der Waals surface area contributed by atoms with E-state index >= 15 is 0 Å². The number of carbonyl (C=O) groups is 1. The molecule has 3 nitrogen and oxygen atoms in total. The van der Waals surface area contributed by atoms with Crippen LogP contribution in [-0.4, -0.2) is 18.4 Å². The van der Waals surface area contributed by atoms with E-state index in [0.29, 0.717) is 18.7 Å². The van der Waals surface area contributed by atoms with Crippen molar-refractivity contribution < 1.29 is 9.53 Å². The zero-order valence-electron chi connectivity index (χ0n) is 12.5. The van der Waals surface area contributed by atoms with Crippen LogP contribution in [0.5, 0.6) is 5.75 Å². The highest BCUT2D eigenvalue weighted by Gasteiger charge is 2.14. The molecule has 0 radical (unpaired) electrons. The van der Waals surface area contributed by atoms with E-state index in [1.807, 2.05) is 68.4 Å². The molecule has 0 aliphatic carbocycles. The molecule has 0 amide bonds. The van der Waals surface area contributed by atoms with Gasteiger partial charge in [-0.1, -0.05) is 30.3 Å². The second-order valence-electron chi connectivity index (χ2n) is 4.91. The maximum Gasteiger partial charge on any atom is 0.179 e. The first-order valence-electron chi connectivity index (χ1n) is 7.25. The third-order valence-corrected chi connectivity index (χ3v) is 3.30. The minimum atomic E-state index is -0.219. The summed E-state index contributed by atoms with van der Waals surface area (Å²) in [6.07, 6.45) is 0. The van der Waals surface area contributed by atoms with Crippen molar-refractivity contribution in [3.63, 3.8) is 0 Å².